The van der Waals surface area contributed by atoms with E-state index in [0.29, 0.717) is 42.5 Å². The summed E-state index contributed by atoms with van der Waals surface area (Å²) in [7, 11) is 1.89. The molecule has 0 bridgehead atoms. The first-order valence-electron chi connectivity index (χ1n) is 13.4. The Morgan fingerprint density at radius 3 is 2.58 bits per heavy atom. The monoisotopic (exact) mass is 558 g/mol. The molecule has 4 aromatic heterocycles. The van der Waals surface area contributed by atoms with E-state index in [1.165, 1.54) is 23.7 Å². The molecule has 5 rings (SSSR count). The number of nitriles is 1. The molecule has 4 aromatic rings. The van der Waals surface area contributed by atoms with Gasteiger partial charge in [-0.05, 0) is 25.5 Å². The normalized spacial score (nSPS) is 14.8. The van der Waals surface area contributed by atoms with Crippen molar-refractivity contribution in [3.63, 3.8) is 0 Å². The van der Waals surface area contributed by atoms with Crippen LogP contribution in [0.4, 0.5) is 16.9 Å². The number of nitrogens with one attached hydrogen (secondary N) is 1. The van der Waals surface area contributed by atoms with Gasteiger partial charge >= 0.3 is 0 Å². The summed E-state index contributed by atoms with van der Waals surface area (Å²) in [5, 5.41) is 19.3. The van der Waals surface area contributed by atoms with Gasteiger partial charge in [0.1, 0.15) is 11.9 Å². The molecule has 1 atom stereocenters. The summed E-state index contributed by atoms with van der Waals surface area (Å²) >= 11 is 1.49. The maximum atomic E-state index is 13.4. The van der Waals surface area contributed by atoms with E-state index in [4.69, 9.17) is 5.26 Å². The molecule has 208 valence electrons. The molecule has 0 saturated carbocycles. The first kappa shape index (κ1) is 28.6. The average molecular weight is 559 g/mol. The Balaban J connectivity index is 0.00000181. The lowest BCUT2D eigenvalue weighted by Crippen LogP contribution is -2.55. The molecule has 1 saturated heterocycles. The van der Waals surface area contributed by atoms with Gasteiger partial charge in [-0.15, -0.1) is 11.3 Å². The minimum absolute atomic E-state index is 0.0305. The van der Waals surface area contributed by atoms with Crippen molar-refractivity contribution in [1.82, 2.24) is 34.6 Å². The van der Waals surface area contributed by atoms with Crippen molar-refractivity contribution in [3.05, 3.63) is 59.1 Å². The molecule has 1 amide bonds. The highest BCUT2D eigenvalue weighted by Gasteiger charge is 2.31. The van der Waals surface area contributed by atoms with Gasteiger partial charge in [-0.25, -0.2) is 19.9 Å². The Morgan fingerprint density at radius 2 is 1.95 bits per heavy atom. The number of anilines is 3. The zero-order valence-corrected chi connectivity index (χ0v) is 24.3. The van der Waals surface area contributed by atoms with E-state index >= 15 is 0 Å². The molecule has 1 aliphatic heterocycles. The molecule has 0 aromatic carbocycles. The third-order valence-corrected chi connectivity index (χ3v) is 7.21. The largest absolute Gasteiger partial charge is 0.337 e. The number of carbonyl (C=O) groups excluding carboxylic acids is 1. The van der Waals surface area contributed by atoms with Gasteiger partial charge in [-0.2, -0.15) is 10.4 Å². The van der Waals surface area contributed by atoms with Crippen molar-refractivity contribution in [1.29, 1.82) is 5.26 Å². The molecular formula is C28H34N10OS. The first-order chi connectivity index (χ1) is 19.4. The third kappa shape index (κ3) is 6.43. The van der Waals surface area contributed by atoms with Gasteiger partial charge in [-0.1, -0.05) is 27.2 Å². The van der Waals surface area contributed by atoms with Gasteiger partial charge in [0.15, 0.2) is 5.13 Å². The Hall–Kier alpha value is -4.37. The summed E-state index contributed by atoms with van der Waals surface area (Å²) in [6.45, 7) is 9.89. The van der Waals surface area contributed by atoms with Crippen LogP contribution in [0.2, 0.25) is 0 Å². The number of hydrogen-bond donors (Lipinski definition) is 1. The second kappa shape index (κ2) is 13.1. The molecule has 1 aliphatic rings. The predicted octanol–water partition coefficient (Wildman–Crippen LogP) is 4.81. The second-order valence-electron chi connectivity index (χ2n) is 9.17. The van der Waals surface area contributed by atoms with Crippen molar-refractivity contribution < 1.29 is 4.79 Å². The van der Waals surface area contributed by atoms with E-state index < -0.39 is 0 Å². The molecule has 1 fully saturated rings. The molecule has 11 nitrogen and oxygen atoms in total. The second-order valence-corrected chi connectivity index (χ2v) is 10.0. The van der Waals surface area contributed by atoms with Crippen LogP contribution in [0.15, 0.2) is 42.3 Å². The number of amides is 1. The Labute approximate surface area is 238 Å². The Kier molecular flexibility index (Phi) is 9.39. The summed E-state index contributed by atoms with van der Waals surface area (Å²) in [6.07, 6.45) is 8.45. The summed E-state index contributed by atoms with van der Waals surface area (Å²) in [5.74, 6) is 1.17. The highest BCUT2D eigenvalue weighted by molar-refractivity contribution is 7.14. The molecule has 0 aliphatic carbocycles. The predicted molar refractivity (Wildman–Crippen MR) is 157 cm³/mol. The van der Waals surface area contributed by atoms with Gasteiger partial charge in [-0.3, -0.25) is 9.48 Å². The molecule has 12 heteroatoms. The maximum absolute atomic E-state index is 13.4. The number of pyridine rings is 1. The average Bonchev–Trinajstić information content (AvgIpc) is 3.59. The lowest BCUT2D eigenvalue weighted by atomic mass is 10.1. The van der Waals surface area contributed by atoms with Crippen molar-refractivity contribution >= 4 is 34.1 Å². The summed E-state index contributed by atoms with van der Waals surface area (Å²) in [6, 6.07) is 5.68. The van der Waals surface area contributed by atoms with Gasteiger partial charge < -0.3 is 15.1 Å². The lowest BCUT2D eigenvalue weighted by molar-refractivity contribution is 0.0644. The number of hydrogen-bond acceptors (Lipinski definition) is 10. The van der Waals surface area contributed by atoms with Gasteiger partial charge in [0.2, 0.25) is 5.95 Å². The van der Waals surface area contributed by atoms with Crippen LogP contribution in [0, 0.1) is 18.3 Å². The Bertz CT molecular complexity index is 1460. The zero-order valence-electron chi connectivity index (χ0n) is 23.5. The third-order valence-electron chi connectivity index (χ3n) is 6.45. The van der Waals surface area contributed by atoms with E-state index in [-0.39, 0.29) is 11.9 Å². The lowest BCUT2D eigenvalue weighted by Gasteiger charge is -2.41. The standard InChI is InChI=1S/C26H28N10OS.C2H6/c1-4-5-20-14-35(25-29-11-18(10-27)12-30-25)8-9-36(20)24(37)19-6-7-23(28-13-19)32-26-31-22(16-38-26)21-15-34(3)33-17(21)2;1-2/h6-7,11-13,15-16,20H,4-5,8-9,14H2,1-3H3,(H,28,31,32);1-2H3/t20-;/m0./s1. The highest BCUT2D eigenvalue weighted by Crippen LogP contribution is 2.28. The van der Waals surface area contributed by atoms with E-state index in [1.807, 2.05) is 50.4 Å². The van der Waals surface area contributed by atoms with Crippen molar-refractivity contribution in [2.75, 3.05) is 29.9 Å². The van der Waals surface area contributed by atoms with Gasteiger partial charge in [0.25, 0.3) is 5.91 Å². The molecular weight excluding hydrogens is 524 g/mol. The van der Waals surface area contributed by atoms with E-state index in [9.17, 15) is 4.79 Å². The van der Waals surface area contributed by atoms with Crippen LogP contribution in [0.25, 0.3) is 11.3 Å². The number of thiazole rings is 1. The molecule has 5 heterocycles. The summed E-state index contributed by atoms with van der Waals surface area (Å²) in [5.41, 5.74) is 3.76. The number of aromatic nitrogens is 6. The number of rotatable bonds is 7. The smallest absolute Gasteiger partial charge is 0.255 e. The van der Waals surface area contributed by atoms with Gasteiger partial charge in [0.05, 0.1) is 34.9 Å². The maximum Gasteiger partial charge on any atom is 0.255 e. The van der Waals surface area contributed by atoms with Crippen LogP contribution >= 0.6 is 11.3 Å². The molecule has 40 heavy (non-hydrogen) atoms. The van der Waals surface area contributed by atoms with Crippen LogP contribution in [0.3, 0.4) is 0 Å². The fourth-order valence-corrected chi connectivity index (χ4v) is 5.32. The van der Waals surface area contributed by atoms with Crippen molar-refractivity contribution in [3.8, 4) is 17.3 Å². The number of carbonyl (C=O) groups is 1. The minimum Gasteiger partial charge on any atom is -0.337 e. The van der Waals surface area contributed by atoms with E-state index in [1.54, 1.807) is 23.0 Å². The molecule has 0 spiro atoms. The number of piperazine rings is 1. The van der Waals surface area contributed by atoms with Gasteiger partial charge in [0, 0.05) is 56.1 Å². The highest BCUT2D eigenvalue weighted by atomic mass is 32.1. The van der Waals surface area contributed by atoms with Crippen molar-refractivity contribution in [2.24, 2.45) is 7.05 Å². The van der Waals surface area contributed by atoms with Crippen LogP contribution < -0.4 is 10.2 Å². The summed E-state index contributed by atoms with van der Waals surface area (Å²) < 4.78 is 1.78. The van der Waals surface area contributed by atoms with Crippen LogP contribution in [0.1, 0.15) is 55.2 Å². The fraction of sp³-hybridized carbons (Fsp3) is 0.393. The van der Waals surface area contributed by atoms with E-state index in [0.717, 1.165) is 34.9 Å². The first-order valence-corrected chi connectivity index (χ1v) is 14.3. The number of aryl methyl sites for hydroxylation is 2. The molecule has 0 unspecified atom stereocenters. The quantitative estimate of drug-likeness (QED) is 0.340. The fourth-order valence-electron chi connectivity index (χ4n) is 4.60. The minimum atomic E-state index is -0.0357. The van der Waals surface area contributed by atoms with Crippen LogP contribution in [-0.4, -0.2) is 66.2 Å². The van der Waals surface area contributed by atoms with Crippen LogP contribution in [-0.2, 0) is 7.05 Å². The molecule has 1 N–H and O–H groups in total. The molecule has 0 radical (unpaired) electrons. The zero-order chi connectivity index (χ0) is 28.6. The SMILES string of the molecule is CC.CCC[C@H]1CN(c2ncc(C#N)cn2)CCN1C(=O)c1ccc(Nc2nc(-c3cn(C)nc3C)cs2)nc1. The topological polar surface area (TPSA) is 129 Å². The van der Waals surface area contributed by atoms with Crippen LogP contribution in [0.5, 0.6) is 0 Å². The Morgan fingerprint density at radius 1 is 1.18 bits per heavy atom. The number of nitrogens with zero attached hydrogens (tertiary/aromatic N) is 9. The van der Waals surface area contributed by atoms with Crippen molar-refractivity contribution in [2.45, 2.75) is 46.6 Å². The summed E-state index contributed by atoms with van der Waals surface area (Å²) in [4.78, 5) is 35.2. The van der Waals surface area contributed by atoms with E-state index in [2.05, 4.69) is 42.2 Å².